The van der Waals surface area contributed by atoms with Crippen molar-refractivity contribution in [1.82, 2.24) is 10.3 Å². The Morgan fingerprint density at radius 1 is 1.13 bits per heavy atom. The summed E-state index contributed by atoms with van der Waals surface area (Å²) < 4.78 is 11.7. The van der Waals surface area contributed by atoms with Crippen molar-refractivity contribution in [3.05, 3.63) is 47.5 Å². The first kappa shape index (κ1) is 21.4. The Balaban J connectivity index is 1.37. The van der Waals surface area contributed by atoms with Gasteiger partial charge in [0, 0.05) is 25.2 Å². The van der Waals surface area contributed by atoms with E-state index >= 15 is 0 Å². The molecule has 1 N–H and O–H groups in total. The number of hydrogen-bond acceptors (Lipinski definition) is 6. The van der Waals surface area contributed by atoms with Gasteiger partial charge in [0.05, 0.1) is 24.4 Å². The van der Waals surface area contributed by atoms with Gasteiger partial charge in [-0.1, -0.05) is 24.3 Å². The number of aromatic nitrogens is 1. The van der Waals surface area contributed by atoms with Crippen LogP contribution in [0.4, 0.5) is 5.13 Å². The molecule has 0 atom stereocenters. The molecule has 1 saturated heterocycles. The van der Waals surface area contributed by atoms with E-state index in [2.05, 4.69) is 17.1 Å². The number of ether oxygens (including phenoxy) is 2. The summed E-state index contributed by atoms with van der Waals surface area (Å²) in [6, 6.07) is 11.6. The molecule has 164 valence electrons. The van der Waals surface area contributed by atoms with Gasteiger partial charge in [-0.25, -0.2) is 4.98 Å². The zero-order valence-corrected chi connectivity index (χ0v) is 19.1. The molecule has 0 unspecified atom stereocenters. The number of benzene rings is 2. The molecular weight excluding hydrogens is 410 g/mol. The molecular formula is C24H29N3O3S. The number of rotatable bonds is 7. The second-order valence-electron chi connectivity index (χ2n) is 8.04. The minimum Gasteiger partial charge on any atom is -0.493 e. The van der Waals surface area contributed by atoms with Gasteiger partial charge in [-0.3, -0.25) is 4.79 Å². The van der Waals surface area contributed by atoms with Gasteiger partial charge >= 0.3 is 0 Å². The van der Waals surface area contributed by atoms with Gasteiger partial charge in [-0.05, 0) is 61.1 Å². The number of nitrogens with zero attached hydrogens (tertiary/aromatic N) is 2. The lowest BCUT2D eigenvalue weighted by Crippen LogP contribution is -2.32. The van der Waals surface area contributed by atoms with Gasteiger partial charge in [0.1, 0.15) is 0 Å². The molecule has 2 heterocycles. The Labute approximate surface area is 187 Å². The van der Waals surface area contributed by atoms with Crippen LogP contribution in [0.15, 0.2) is 36.4 Å². The summed E-state index contributed by atoms with van der Waals surface area (Å²) >= 11 is 1.67. The smallest absolute Gasteiger partial charge is 0.251 e. The van der Waals surface area contributed by atoms with Gasteiger partial charge < -0.3 is 19.7 Å². The zero-order chi connectivity index (χ0) is 21.8. The maximum atomic E-state index is 12.7. The molecule has 0 saturated carbocycles. The van der Waals surface area contributed by atoms with Gasteiger partial charge in [0.2, 0.25) is 0 Å². The topological polar surface area (TPSA) is 63.7 Å². The SMILES string of the molecule is COc1ccc(CCNC(=O)c2ccc3nc(N4CCC(C)CC4)sc3c2)cc1OC. The predicted octanol–water partition coefficient (Wildman–Crippen LogP) is 4.52. The average molecular weight is 440 g/mol. The molecule has 3 aromatic rings. The van der Waals surface area contributed by atoms with E-state index in [-0.39, 0.29) is 5.91 Å². The van der Waals surface area contributed by atoms with E-state index in [9.17, 15) is 4.79 Å². The first-order chi connectivity index (χ1) is 15.1. The summed E-state index contributed by atoms with van der Waals surface area (Å²) in [7, 11) is 3.24. The van der Waals surface area contributed by atoms with Crippen LogP contribution in [0.2, 0.25) is 0 Å². The van der Waals surface area contributed by atoms with Crippen LogP contribution in [0.25, 0.3) is 10.2 Å². The van der Waals surface area contributed by atoms with Crippen LogP contribution >= 0.6 is 11.3 Å². The maximum Gasteiger partial charge on any atom is 0.251 e. The lowest BCUT2D eigenvalue weighted by atomic mass is 10.00. The lowest BCUT2D eigenvalue weighted by Gasteiger charge is -2.29. The van der Waals surface area contributed by atoms with Crippen molar-refractivity contribution in [2.24, 2.45) is 5.92 Å². The van der Waals surface area contributed by atoms with Crippen molar-refractivity contribution in [2.45, 2.75) is 26.2 Å². The Kier molecular flexibility index (Phi) is 6.61. The molecule has 0 aliphatic carbocycles. The highest BCUT2D eigenvalue weighted by atomic mass is 32.1. The van der Waals surface area contributed by atoms with E-state index in [1.807, 2.05) is 36.4 Å². The highest BCUT2D eigenvalue weighted by Crippen LogP contribution is 2.32. The Morgan fingerprint density at radius 2 is 1.90 bits per heavy atom. The Morgan fingerprint density at radius 3 is 2.65 bits per heavy atom. The Hall–Kier alpha value is -2.80. The molecule has 1 aliphatic heterocycles. The summed E-state index contributed by atoms with van der Waals surface area (Å²) in [5.74, 6) is 2.12. The molecule has 1 fully saturated rings. The van der Waals surface area contributed by atoms with Gasteiger partial charge in [0.15, 0.2) is 16.6 Å². The number of methoxy groups -OCH3 is 2. The van der Waals surface area contributed by atoms with Crippen molar-refractivity contribution in [1.29, 1.82) is 0 Å². The minimum absolute atomic E-state index is 0.0656. The van der Waals surface area contributed by atoms with Crippen LogP contribution in [-0.4, -0.2) is 44.7 Å². The number of fused-ring (bicyclic) bond motifs is 1. The van der Waals surface area contributed by atoms with E-state index in [0.29, 0.717) is 30.0 Å². The molecule has 7 heteroatoms. The molecule has 0 bridgehead atoms. The van der Waals surface area contributed by atoms with Crippen molar-refractivity contribution in [3.8, 4) is 11.5 Å². The van der Waals surface area contributed by atoms with Gasteiger partial charge in [-0.2, -0.15) is 0 Å². The fourth-order valence-electron chi connectivity index (χ4n) is 3.85. The number of piperidine rings is 1. The quantitative estimate of drug-likeness (QED) is 0.586. The van der Waals surface area contributed by atoms with Crippen LogP contribution in [0.1, 0.15) is 35.7 Å². The van der Waals surface area contributed by atoms with Gasteiger partial charge in [-0.15, -0.1) is 0 Å². The van der Waals surface area contributed by atoms with E-state index < -0.39 is 0 Å². The molecule has 1 aromatic heterocycles. The first-order valence-corrected chi connectivity index (χ1v) is 11.5. The van der Waals surface area contributed by atoms with Crippen molar-refractivity contribution >= 4 is 32.6 Å². The van der Waals surface area contributed by atoms with Crippen molar-refractivity contribution in [2.75, 3.05) is 38.8 Å². The standard InChI is InChI=1S/C24H29N3O3S/c1-16-9-12-27(13-10-16)24-26-19-6-5-18(15-22(19)31-24)23(28)25-11-8-17-4-7-20(29-2)21(14-17)30-3/h4-7,14-16H,8-13H2,1-3H3,(H,25,28). The number of carbonyl (C=O) groups excluding carboxylic acids is 1. The summed E-state index contributed by atoms with van der Waals surface area (Å²) in [6.45, 7) is 4.98. The molecule has 2 aromatic carbocycles. The van der Waals surface area contributed by atoms with E-state index in [4.69, 9.17) is 14.5 Å². The zero-order valence-electron chi connectivity index (χ0n) is 18.3. The fraction of sp³-hybridized carbons (Fsp3) is 0.417. The van der Waals surface area contributed by atoms with Crippen LogP contribution in [-0.2, 0) is 6.42 Å². The number of thiazole rings is 1. The van der Waals surface area contributed by atoms with Crippen LogP contribution in [0.5, 0.6) is 11.5 Å². The predicted molar refractivity (Wildman–Crippen MR) is 126 cm³/mol. The third-order valence-electron chi connectivity index (χ3n) is 5.84. The average Bonchev–Trinajstić information content (AvgIpc) is 3.22. The second-order valence-corrected chi connectivity index (χ2v) is 9.05. The summed E-state index contributed by atoms with van der Waals surface area (Å²) in [4.78, 5) is 19.8. The number of amides is 1. The lowest BCUT2D eigenvalue weighted by molar-refractivity contribution is 0.0954. The largest absolute Gasteiger partial charge is 0.493 e. The van der Waals surface area contributed by atoms with Crippen molar-refractivity contribution in [3.63, 3.8) is 0 Å². The van der Waals surface area contributed by atoms with E-state index in [1.165, 1.54) is 12.8 Å². The molecule has 31 heavy (non-hydrogen) atoms. The highest BCUT2D eigenvalue weighted by Gasteiger charge is 2.19. The van der Waals surface area contributed by atoms with Gasteiger partial charge in [0.25, 0.3) is 5.91 Å². The number of carbonyl (C=O) groups is 1. The third-order valence-corrected chi connectivity index (χ3v) is 6.92. The van der Waals surface area contributed by atoms with Crippen LogP contribution < -0.4 is 19.7 Å². The maximum absolute atomic E-state index is 12.7. The fourth-order valence-corrected chi connectivity index (χ4v) is 4.90. The van der Waals surface area contributed by atoms with Crippen LogP contribution in [0.3, 0.4) is 0 Å². The van der Waals surface area contributed by atoms with E-state index in [1.54, 1.807) is 25.6 Å². The van der Waals surface area contributed by atoms with Crippen LogP contribution in [0, 0.1) is 5.92 Å². The van der Waals surface area contributed by atoms with E-state index in [0.717, 1.165) is 39.9 Å². The Bertz CT molecular complexity index is 1060. The molecule has 0 spiro atoms. The summed E-state index contributed by atoms with van der Waals surface area (Å²) in [6.07, 6.45) is 3.14. The number of anilines is 1. The molecule has 0 radical (unpaired) electrons. The monoisotopic (exact) mass is 439 g/mol. The minimum atomic E-state index is -0.0656. The summed E-state index contributed by atoms with van der Waals surface area (Å²) in [5.41, 5.74) is 2.71. The molecule has 4 rings (SSSR count). The second kappa shape index (κ2) is 9.56. The molecule has 1 aliphatic rings. The number of nitrogens with one attached hydrogen (secondary N) is 1. The molecule has 6 nitrogen and oxygen atoms in total. The molecule has 1 amide bonds. The highest BCUT2D eigenvalue weighted by molar-refractivity contribution is 7.22. The number of hydrogen-bond donors (Lipinski definition) is 1. The third kappa shape index (κ3) is 4.93. The first-order valence-electron chi connectivity index (χ1n) is 10.7. The van der Waals surface area contributed by atoms with Crippen molar-refractivity contribution < 1.29 is 14.3 Å². The summed E-state index contributed by atoms with van der Waals surface area (Å²) in [5, 5.41) is 4.08. The normalized spacial score (nSPS) is 14.6.